The quantitative estimate of drug-likeness (QED) is 0.648. The zero-order chi connectivity index (χ0) is 18.5. The largest absolute Gasteiger partial charge is 0.454 e. The maximum absolute atomic E-state index is 11.9. The number of thiophene rings is 1. The third-order valence-corrected chi connectivity index (χ3v) is 4.54. The fraction of sp³-hybridized carbons (Fsp3) is 0.176. The number of carbonyl (C=O) groups is 2. The Labute approximate surface area is 157 Å². The molecule has 134 valence electrons. The Morgan fingerprint density at radius 3 is 2.69 bits per heavy atom. The third kappa shape index (κ3) is 4.68. The summed E-state index contributed by atoms with van der Waals surface area (Å²) >= 11 is 7.18. The normalized spacial score (nSPS) is 10.5. The minimum atomic E-state index is -0.599. The Balaban J connectivity index is 1.47. The SMILES string of the molecule is Cc1ccc(C(=O)NCC(=O)OCc2nc(-c3ccc(Cl)cc3)no2)s1. The summed E-state index contributed by atoms with van der Waals surface area (Å²) in [6.07, 6.45) is 0. The van der Waals surface area contributed by atoms with Gasteiger partial charge in [0.25, 0.3) is 11.8 Å². The Bertz CT molecular complexity index is 920. The van der Waals surface area contributed by atoms with Crippen LogP contribution in [0.15, 0.2) is 40.9 Å². The topological polar surface area (TPSA) is 94.3 Å². The molecule has 3 aromatic rings. The van der Waals surface area contributed by atoms with Crippen molar-refractivity contribution in [1.29, 1.82) is 0 Å². The van der Waals surface area contributed by atoms with E-state index in [4.69, 9.17) is 20.9 Å². The van der Waals surface area contributed by atoms with Crippen LogP contribution in [0.1, 0.15) is 20.4 Å². The van der Waals surface area contributed by atoms with Gasteiger partial charge >= 0.3 is 5.97 Å². The van der Waals surface area contributed by atoms with Gasteiger partial charge in [-0.15, -0.1) is 11.3 Å². The molecule has 0 spiro atoms. The lowest BCUT2D eigenvalue weighted by Crippen LogP contribution is -2.30. The smallest absolute Gasteiger partial charge is 0.325 e. The van der Waals surface area contributed by atoms with Gasteiger partial charge in [-0.3, -0.25) is 9.59 Å². The van der Waals surface area contributed by atoms with E-state index >= 15 is 0 Å². The second-order valence-electron chi connectivity index (χ2n) is 5.27. The van der Waals surface area contributed by atoms with Gasteiger partial charge in [-0.05, 0) is 43.3 Å². The van der Waals surface area contributed by atoms with Gasteiger partial charge in [0.2, 0.25) is 5.82 Å². The van der Waals surface area contributed by atoms with Gasteiger partial charge in [-0.25, -0.2) is 0 Å². The summed E-state index contributed by atoms with van der Waals surface area (Å²) in [4.78, 5) is 29.3. The van der Waals surface area contributed by atoms with E-state index < -0.39 is 5.97 Å². The second-order valence-corrected chi connectivity index (χ2v) is 7.00. The van der Waals surface area contributed by atoms with Gasteiger partial charge in [0.05, 0.1) is 4.88 Å². The molecule has 2 aromatic heterocycles. The van der Waals surface area contributed by atoms with Crippen molar-refractivity contribution in [3.05, 3.63) is 57.1 Å². The molecule has 0 fully saturated rings. The van der Waals surface area contributed by atoms with Crippen molar-refractivity contribution in [2.45, 2.75) is 13.5 Å². The van der Waals surface area contributed by atoms with E-state index in [1.54, 1.807) is 30.3 Å². The number of hydrogen-bond donors (Lipinski definition) is 1. The monoisotopic (exact) mass is 391 g/mol. The van der Waals surface area contributed by atoms with Crippen LogP contribution in [0, 0.1) is 6.92 Å². The van der Waals surface area contributed by atoms with Crippen LogP contribution in [0.3, 0.4) is 0 Å². The summed E-state index contributed by atoms with van der Waals surface area (Å²) in [6.45, 7) is 1.49. The number of hydrogen-bond acceptors (Lipinski definition) is 7. The summed E-state index contributed by atoms with van der Waals surface area (Å²) in [5, 5.41) is 6.93. The zero-order valence-corrected chi connectivity index (χ0v) is 15.3. The summed E-state index contributed by atoms with van der Waals surface area (Å²) in [7, 11) is 0. The van der Waals surface area contributed by atoms with Crippen LogP contribution in [-0.4, -0.2) is 28.6 Å². The summed E-state index contributed by atoms with van der Waals surface area (Å²) in [5.74, 6) is -0.390. The average Bonchev–Trinajstić information content (AvgIpc) is 3.27. The predicted octanol–water partition coefficient (Wildman–Crippen LogP) is 3.23. The van der Waals surface area contributed by atoms with Gasteiger partial charge in [0.1, 0.15) is 6.54 Å². The lowest BCUT2D eigenvalue weighted by Gasteiger charge is -2.03. The van der Waals surface area contributed by atoms with Gasteiger partial charge in [0.15, 0.2) is 6.61 Å². The van der Waals surface area contributed by atoms with Crippen LogP contribution < -0.4 is 5.32 Å². The Morgan fingerprint density at radius 1 is 1.23 bits per heavy atom. The standard InChI is InChI=1S/C17H14ClN3O4S/c1-10-2-7-13(26-10)17(23)19-8-15(22)24-9-14-20-16(21-25-14)11-3-5-12(18)6-4-11/h2-7H,8-9H2,1H3,(H,19,23). The number of benzene rings is 1. The molecule has 9 heteroatoms. The third-order valence-electron chi connectivity index (χ3n) is 3.28. The molecular formula is C17H14ClN3O4S. The van der Waals surface area contributed by atoms with Crippen molar-refractivity contribution in [1.82, 2.24) is 15.5 Å². The summed E-state index contributed by atoms with van der Waals surface area (Å²) < 4.78 is 10.1. The first-order valence-electron chi connectivity index (χ1n) is 7.60. The highest BCUT2D eigenvalue weighted by atomic mass is 35.5. The minimum Gasteiger partial charge on any atom is -0.454 e. The van der Waals surface area contributed by atoms with Gasteiger partial charge < -0.3 is 14.6 Å². The fourth-order valence-electron chi connectivity index (χ4n) is 2.02. The number of rotatable bonds is 6. The maximum Gasteiger partial charge on any atom is 0.325 e. The van der Waals surface area contributed by atoms with Crippen LogP contribution in [0.25, 0.3) is 11.4 Å². The number of amides is 1. The second kappa shape index (κ2) is 8.11. The van der Waals surface area contributed by atoms with Crippen LogP contribution in [0.4, 0.5) is 0 Å². The van der Waals surface area contributed by atoms with E-state index in [0.717, 1.165) is 10.4 Å². The number of nitrogens with zero attached hydrogens (tertiary/aromatic N) is 2. The highest BCUT2D eigenvalue weighted by molar-refractivity contribution is 7.13. The molecule has 1 amide bonds. The first kappa shape index (κ1) is 18.1. The van der Waals surface area contributed by atoms with E-state index in [-0.39, 0.29) is 24.9 Å². The summed E-state index contributed by atoms with van der Waals surface area (Å²) in [5.41, 5.74) is 0.731. The number of halogens is 1. The van der Waals surface area contributed by atoms with Crippen molar-refractivity contribution in [3.63, 3.8) is 0 Å². The Hall–Kier alpha value is -2.71. The molecule has 0 aliphatic rings. The number of aryl methyl sites for hydroxylation is 1. The molecule has 26 heavy (non-hydrogen) atoms. The number of nitrogens with one attached hydrogen (secondary N) is 1. The molecule has 0 radical (unpaired) electrons. The Morgan fingerprint density at radius 2 is 2.00 bits per heavy atom. The molecule has 1 N–H and O–H groups in total. The molecule has 0 bridgehead atoms. The van der Waals surface area contributed by atoms with E-state index in [9.17, 15) is 9.59 Å². The lowest BCUT2D eigenvalue weighted by atomic mass is 10.2. The van der Waals surface area contributed by atoms with Gasteiger partial charge in [0, 0.05) is 15.5 Å². The van der Waals surface area contributed by atoms with E-state index in [1.165, 1.54) is 11.3 Å². The van der Waals surface area contributed by atoms with Crippen LogP contribution in [0.2, 0.25) is 5.02 Å². The van der Waals surface area contributed by atoms with Crippen molar-refractivity contribution in [3.8, 4) is 11.4 Å². The molecule has 0 aliphatic heterocycles. The molecule has 0 unspecified atom stereocenters. The van der Waals surface area contributed by atoms with Crippen LogP contribution in [0.5, 0.6) is 0 Å². The zero-order valence-electron chi connectivity index (χ0n) is 13.7. The molecule has 0 aliphatic carbocycles. The molecule has 0 saturated heterocycles. The van der Waals surface area contributed by atoms with Crippen LogP contribution in [-0.2, 0) is 16.1 Å². The number of carbonyl (C=O) groups excluding carboxylic acids is 2. The average molecular weight is 392 g/mol. The number of esters is 1. The molecule has 1 aromatic carbocycles. The van der Waals surface area contributed by atoms with Crippen LogP contribution >= 0.6 is 22.9 Å². The van der Waals surface area contributed by atoms with E-state index in [1.807, 2.05) is 13.0 Å². The Kier molecular flexibility index (Phi) is 5.65. The molecule has 7 nitrogen and oxygen atoms in total. The molecule has 3 rings (SSSR count). The number of ether oxygens (including phenoxy) is 1. The van der Waals surface area contributed by atoms with Crippen molar-refractivity contribution >= 4 is 34.8 Å². The minimum absolute atomic E-state index is 0.156. The van der Waals surface area contributed by atoms with Gasteiger partial charge in [-0.2, -0.15) is 4.98 Å². The highest BCUT2D eigenvalue weighted by Gasteiger charge is 2.13. The van der Waals surface area contributed by atoms with Crippen molar-refractivity contribution < 1.29 is 18.8 Å². The predicted molar refractivity (Wildman–Crippen MR) is 95.9 cm³/mol. The molecule has 0 atom stereocenters. The summed E-state index contributed by atoms with van der Waals surface area (Å²) in [6, 6.07) is 10.5. The number of aromatic nitrogens is 2. The van der Waals surface area contributed by atoms with Gasteiger partial charge in [-0.1, -0.05) is 16.8 Å². The van der Waals surface area contributed by atoms with Crippen molar-refractivity contribution in [2.75, 3.05) is 6.54 Å². The van der Waals surface area contributed by atoms with E-state index in [2.05, 4.69) is 15.5 Å². The first-order valence-corrected chi connectivity index (χ1v) is 8.79. The molecular weight excluding hydrogens is 378 g/mol. The fourth-order valence-corrected chi connectivity index (χ4v) is 2.93. The lowest BCUT2D eigenvalue weighted by molar-refractivity contribution is -0.144. The maximum atomic E-state index is 11.9. The molecule has 0 saturated carbocycles. The van der Waals surface area contributed by atoms with E-state index in [0.29, 0.717) is 15.7 Å². The first-order chi connectivity index (χ1) is 12.5. The molecule has 2 heterocycles. The van der Waals surface area contributed by atoms with Crippen molar-refractivity contribution in [2.24, 2.45) is 0 Å². The highest BCUT2D eigenvalue weighted by Crippen LogP contribution is 2.19.